The molecule has 0 aromatic carbocycles. The Morgan fingerprint density at radius 3 is 2.29 bits per heavy atom. The summed E-state index contributed by atoms with van der Waals surface area (Å²) in [5.41, 5.74) is -6.93. The van der Waals surface area contributed by atoms with E-state index in [1.54, 1.807) is 47.6 Å². The van der Waals surface area contributed by atoms with Gasteiger partial charge in [0.1, 0.15) is 17.8 Å². The number of carbonyl (C=O) groups excluding carboxylic acids is 4. The van der Waals surface area contributed by atoms with Crippen LogP contribution in [0.5, 0.6) is 0 Å². The van der Waals surface area contributed by atoms with Gasteiger partial charge in [0.05, 0.1) is 31.5 Å². The Morgan fingerprint density at radius 1 is 1.04 bits per heavy atom. The molecule has 5 aliphatic rings. The second-order valence-electron chi connectivity index (χ2n) is 15.8. The van der Waals surface area contributed by atoms with Crippen LogP contribution in [0.2, 0.25) is 0 Å². The van der Waals surface area contributed by atoms with Crippen LogP contribution in [0.15, 0.2) is 34.7 Å². The molecule has 3 aliphatic heterocycles. The standard InChI is InChI=1S/C36H48O12/c1-10-19(4)28(40)47-29-31(5,6)22(15-24(37)43-9)33(8)21-11-13-32(7)23(16-25(38)45-26(32)20-12-14-44-17-20)34(21)30(46-27(39)18(2)3)35(29,41)36(33,42)48-34/h12,14,16-19,21-22,26,29-30,41-42H,10-11,13,15H2,1-9H3/t19?,21?,22-,26-,29-,30-,32+,33+,34+,35-,36+/m0/s1. The van der Waals surface area contributed by atoms with Crippen molar-refractivity contribution in [3.8, 4) is 0 Å². The molecule has 48 heavy (non-hydrogen) atoms. The predicted molar refractivity (Wildman–Crippen MR) is 166 cm³/mol. The van der Waals surface area contributed by atoms with Gasteiger partial charge in [-0.1, -0.05) is 55.4 Å². The summed E-state index contributed by atoms with van der Waals surface area (Å²) in [5, 5.41) is 26.5. The smallest absolute Gasteiger partial charge is 0.331 e. The topological polar surface area (TPSA) is 168 Å². The molecular formula is C36H48O12. The van der Waals surface area contributed by atoms with Gasteiger partial charge in [0.2, 0.25) is 5.79 Å². The Bertz CT molecular complexity index is 1550. The normalized spacial score (nSPS) is 42.6. The summed E-state index contributed by atoms with van der Waals surface area (Å²) in [6.07, 6.45) is 1.37. The van der Waals surface area contributed by atoms with Crippen molar-refractivity contribution in [2.24, 2.45) is 39.9 Å². The number of cyclic esters (lactones) is 1. The Hall–Kier alpha value is -3.22. The number of aliphatic hydroxyl groups is 2. The van der Waals surface area contributed by atoms with Crippen molar-refractivity contribution in [3.63, 3.8) is 0 Å². The number of methoxy groups -OCH3 is 1. The number of carbonyl (C=O) groups is 4. The van der Waals surface area contributed by atoms with Crippen molar-refractivity contribution in [2.45, 2.75) is 116 Å². The lowest BCUT2D eigenvalue weighted by molar-refractivity contribution is -0.386. The molecule has 0 radical (unpaired) electrons. The molecule has 2 bridgehead atoms. The average molecular weight is 673 g/mol. The maximum Gasteiger partial charge on any atom is 0.331 e. The molecule has 2 saturated carbocycles. The van der Waals surface area contributed by atoms with Crippen LogP contribution in [-0.2, 0) is 42.9 Å². The number of hydrogen-bond donors (Lipinski definition) is 2. The summed E-state index contributed by atoms with van der Waals surface area (Å²) in [6.45, 7) is 14.0. The van der Waals surface area contributed by atoms with Gasteiger partial charge in [-0.3, -0.25) is 14.4 Å². The Morgan fingerprint density at radius 2 is 1.71 bits per heavy atom. The summed E-state index contributed by atoms with van der Waals surface area (Å²) in [7, 11) is 1.27. The average Bonchev–Trinajstić information content (AvgIpc) is 3.68. The van der Waals surface area contributed by atoms with Gasteiger partial charge in [-0.25, -0.2) is 4.79 Å². The number of hydrogen-bond acceptors (Lipinski definition) is 12. The Labute approximate surface area is 280 Å². The van der Waals surface area contributed by atoms with Crippen LogP contribution in [0.4, 0.5) is 0 Å². The summed E-state index contributed by atoms with van der Waals surface area (Å²) >= 11 is 0. The molecule has 6 rings (SSSR count). The third-order valence-electron chi connectivity index (χ3n) is 12.8. The van der Waals surface area contributed by atoms with Crippen molar-refractivity contribution in [1.29, 1.82) is 0 Å². The lowest BCUT2D eigenvalue weighted by Crippen LogP contribution is -2.84. The van der Waals surface area contributed by atoms with Crippen LogP contribution in [0.1, 0.15) is 92.7 Å². The van der Waals surface area contributed by atoms with E-state index in [2.05, 4.69) is 0 Å². The van der Waals surface area contributed by atoms with Gasteiger partial charge in [-0.2, -0.15) is 0 Å². The highest BCUT2D eigenvalue weighted by molar-refractivity contribution is 5.86. The Balaban J connectivity index is 1.66. The molecule has 4 fully saturated rings. The SMILES string of the molecule is CCC(C)C(=O)O[C@H]1C(C)(C)[C@H](CC(=O)OC)[C@@]2(C)C3CC[C@]4(C)C(=CC(=O)O[C@H]4c4ccoc4)[C@]34O[C@@]2(O)[C@@]1(O)[C@H]4OC(=O)C(C)C. The first-order chi connectivity index (χ1) is 22.3. The minimum atomic E-state index is -2.55. The van der Waals surface area contributed by atoms with Crippen molar-refractivity contribution in [2.75, 3.05) is 7.11 Å². The van der Waals surface area contributed by atoms with E-state index in [4.69, 9.17) is 28.1 Å². The highest BCUT2D eigenvalue weighted by Crippen LogP contribution is 2.82. The molecule has 0 amide bonds. The van der Waals surface area contributed by atoms with Crippen molar-refractivity contribution < 1.29 is 57.5 Å². The second-order valence-corrected chi connectivity index (χ2v) is 15.8. The molecule has 264 valence electrons. The van der Waals surface area contributed by atoms with Crippen LogP contribution in [0, 0.1) is 39.9 Å². The zero-order valence-corrected chi connectivity index (χ0v) is 29.2. The fourth-order valence-corrected chi connectivity index (χ4v) is 10.2. The van der Waals surface area contributed by atoms with E-state index >= 15 is 0 Å². The lowest BCUT2D eigenvalue weighted by atomic mass is 9.36. The van der Waals surface area contributed by atoms with Crippen LogP contribution in [0.3, 0.4) is 0 Å². The van der Waals surface area contributed by atoms with Gasteiger partial charge < -0.3 is 38.3 Å². The second kappa shape index (κ2) is 10.9. The molecule has 2 saturated heterocycles. The van der Waals surface area contributed by atoms with Crippen LogP contribution < -0.4 is 0 Å². The number of ether oxygens (including phenoxy) is 5. The summed E-state index contributed by atoms with van der Waals surface area (Å²) in [4.78, 5) is 53.8. The van der Waals surface area contributed by atoms with Gasteiger partial charge in [0.25, 0.3) is 0 Å². The zero-order valence-electron chi connectivity index (χ0n) is 29.2. The first-order valence-corrected chi connectivity index (χ1v) is 16.9. The van der Waals surface area contributed by atoms with Crippen LogP contribution in [-0.4, -0.2) is 70.4 Å². The first kappa shape index (κ1) is 34.6. The van der Waals surface area contributed by atoms with Gasteiger partial charge in [-0.05, 0) is 36.8 Å². The van der Waals surface area contributed by atoms with E-state index in [-0.39, 0.29) is 6.42 Å². The van der Waals surface area contributed by atoms with E-state index in [1.807, 2.05) is 13.8 Å². The lowest BCUT2D eigenvalue weighted by Gasteiger charge is -2.69. The highest BCUT2D eigenvalue weighted by atomic mass is 16.7. The molecule has 1 aromatic rings. The third-order valence-corrected chi connectivity index (χ3v) is 12.8. The zero-order chi connectivity index (χ0) is 35.4. The molecule has 12 heteroatoms. The molecular weight excluding hydrogens is 624 g/mol. The van der Waals surface area contributed by atoms with Gasteiger partial charge in [0.15, 0.2) is 11.7 Å². The van der Waals surface area contributed by atoms with E-state index in [9.17, 15) is 29.4 Å². The quantitative estimate of drug-likeness (QED) is 0.299. The first-order valence-electron chi connectivity index (χ1n) is 16.9. The minimum absolute atomic E-state index is 0.196. The number of furan rings is 1. The summed E-state index contributed by atoms with van der Waals surface area (Å²) < 4.78 is 35.8. The molecule has 2 aliphatic carbocycles. The summed E-state index contributed by atoms with van der Waals surface area (Å²) in [5.74, 6) is -7.76. The monoisotopic (exact) mass is 672 g/mol. The molecule has 1 spiro atoms. The van der Waals surface area contributed by atoms with E-state index < -0.39 is 99.1 Å². The maximum absolute atomic E-state index is 13.6. The van der Waals surface area contributed by atoms with Crippen LogP contribution in [0.25, 0.3) is 0 Å². The molecule has 2 unspecified atom stereocenters. The van der Waals surface area contributed by atoms with E-state index in [1.165, 1.54) is 25.7 Å². The largest absolute Gasteiger partial charge is 0.472 e. The summed E-state index contributed by atoms with van der Waals surface area (Å²) in [6, 6.07) is 1.70. The van der Waals surface area contributed by atoms with Crippen molar-refractivity contribution in [1.82, 2.24) is 0 Å². The van der Waals surface area contributed by atoms with Crippen LogP contribution >= 0.6 is 0 Å². The van der Waals surface area contributed by atoms with Gasteiger partial charge in [0, 0.05) is 40.2 Å². The third kappa shape index (κ3) is 4.05. The molecule has 11 atom stereocenters. The van der Waals surface area contributed by atoms with Crippen molar-refractivity contribution >= 4 is 23.9 Å². The number of fused-ring (bicyclic) bond motifs is 2. The Kier molecular flexibility index (Phi) is 7.86. The molecule has 1 aromatic heterocycles. The number of rotatable bonds is 8. The highest BCUT2D eigenvalue weighted by Gasteiger charge is 2.96. The predicted octanol–water partition coefficient (Wildman–Crippen LogP) is 4.17. The van der Waals surface area contributed by atoms with Gasteiger partial charge >= 0.3 is 23.9 Å². The fraction of sp³-hybridized carbons (Fsp3) is 0.722. The van der Waals surface area contributed by atoms with E-state index in [0.717, 1.165) is 0 Å². The number of esters is 4. The minimum Gasteiger partial charge on any atom is -0.472 e. The maximum atomic E-state index is 13.6. The van der Waals surface area contributed by atoms with E-state index in [0.29, 0.717) is 30.4 Å². The molecule has 4 heterocycles. The molecule has 2 N–H and O–H groups in total. The fourth-order valence-electron chi connectivity index (χ4n) is 10.2. The van der Waals surface area contributed by atoms with Crippen molar-refractivity contribution in [3.05, 3.63) is 35.8 Å². The van der Waals surface area contributed by atoms with Gasteiger partial charge in [-0.15, -0.1) is 0 Å². The molecule has 12 nitrogen and oxygen atoms in total.